The fourth-order valence-corrected chi connectivity index (χ4v) is 1.10. The zero-order chi connectivity index (χ0) is 7.56. The van der Waals surface area contributed by atoms with Crippen molar-refractivity contribution in [3.63, 3.8) is 0 Å². The molecule has 0 aromatic heterocycles. The lowest BCUT2D eigenvalue weighted by atomic mass is 10.2. The number of likely N-dealkylation sites (N-methyl/N-ethyl adjacent to an activating group) is 1. The molecule has 0 aromatic carbocycles. The van der Waals surface area contributed by atoms with E-state index in [9.17, 15) is 4.79 Å². The third-order valence-corrected chi connectivity index (χ3v) is 1.86. The second kappa shape index (κ2) is 3.01. The number of nitrogens with one attached hydrogen (secondary N) is 1. The molecule has 1 unspecified atom stereocenters. The number of hydrogen-bond acceptors (Lipinski definition) is 3. The molecule has 3 nitrogen and oxygen atoms in total. The van der Waals surface area contributed by atoms with Gasteiger partial charge in [-0.25, -0.2) is 0 Å². The zero-order valence-electron chi connectivity index (χ0n) is 6.39. The Bertz CT molecular complexity index is 132. The first-order chi connectivity index (χ1) is 4.79. The van der Waals surface area contributed by atoms with E-state index in [-0.39, 0.29) is 12.0 Å². The second-order valence-corrected chi connectivity index (χ2v) is 2.63. The van der Waals surface area contributed by atoms with Crippen molar-refractivity contribution in [3.05, 3.63) is 0 Å². The Balaban J connectivity index is 2.38. The SMILES string of the molecule is CNC(C(=O)OC)C1CC1. The molecular formula is C7H13NO2. The summed E-state index contributed by atoms with van der Waals surface area (Å²) in [7, 11) is 3.22. The van der Waals surface area contributed by atoms with E-state index >= 15 is 0 Å². The lowest BCUT2D eigenvalue weighted by molar-refractivity contribution is -0.143. The molecule has 0 heterocycles. The number of hydrogen-bond donors (Lipinski definition) is 1. The van der Waals surface area contributed by atoms with Crippen molar-refractivity contribution < 1.29 is 9.53 Å². The van der Waals surface area contributed by atoms with Crippen LogP contribution in [0.1, 0.15) is 12.8 Å². The van der Waals surface area contributed by atoms with Crippen molar-refractivity contribution in [2.24, 2.45) is 5.92 Å². The van der Waals surface area contributed by atoms with Crippen LogP contribution in [0, 0.1) is 5.92 Å². The van der Waals surface area contributed by atoms with Crippen LogP contribution in [0.15, 0.2) is 0 Å². The van der Waals surface area contributed by atoms with E-state index in [2.05, 4.69) is 10.1 Å². The molecular weight excluding hydrogens is 130 g/mol. The molecule has 1 atom stereocenters. The van der Waals surface area contributed by atoms with E-state index in [1.807, 2.05) is 0 Å². The maximum absolute atomic E-state index is 10.9. The van der Waals surface area contributed by atoms with Gasteiger partial charge >= 0.3 is 5.97 Å². The Morgan fingerprint density at radius 2 is 2.30 bits per heavy atom. The van der Waals surface area contributed by atoms with Gasteiger partial charge in [-0.15, -0.1) is 0 Å². The molecule has 0 radical (unpaired) electrons. The molecule has 1 aliphatic rings. The van der Waals surface area contributed by atoms with Gasteiger partial charge in [0.2, 0.25) is 0 Å². The smallest absolute Gasteiger partial charge is 0.323 e. The summed E-state index contributed by atoms with van der Waals surface area (Å²) in [5, 5.41) is 2.94. The third-order valence-electron chi connectivity index (χ3n) is 1.86. The molecule has 10 heavy (non-hydrogen) atoms. The van der Waals surface area contributed by atoms with Gasteiger partial charge in [0.1, 0.15) is 6.04 Å². The first kappa shape index (κ1) is 7.54. The van der Waals surface area contributed by atoms with Crippen LogP contribution in [0.2, 0.25) is 0 Å². The molecule has 1 fully saturated rings. The molecule has 1 aliphatic carbocycles. The van der Waals surface area contributed by atoms with Crippen molar-refractivity contribution in [3.8, 4) is 0 Å². The minimum absolute atomic E-state index is 0.0648. The number of carbonyl (C=O) groups is 1. The summed E-state index contributed by atoms with van der Waals surface area (Å²) in [6, 6.07) is -0.0648. The van der Waals surface area contributed by atoms with Crippen molar-refractivity contribution in [1.82, 2.24) is 5.32 Å². The van der Waals surface area contributed by atoms with Crippen molar-refractivity contribution in [2.45, 2.75) is 18.9 Å². The Hall–Kier alpha value is -0.570. The minimum Gasteiger partial charge on any atom is -0.468 e. The predicted molar refractivity (Wildman–Crippen MR) is 37.6 cm³/mol. The van der Waals surface area contributed by atoms with E-state index in [4.69, 9.17) is 0 Å². The van der Waals surface area contributed by atoms with Crippen molar-refractivity contribution in [1.29, 1.82) is 0 Å². The number of carbonyl (C=O) groups excluding carboxylic acids is 1. The molecule has 3 heteroatoms. The fourth-order valence-electron chi connectivity index (χ4n) is 1.10. The molecule has 0 aromatic rings. The van der Waals surface area contributed by atoms with Crippen LogP contribution in [-0.2, 0) is 9.53 Å². The summed E-state index contributed by atoms with van der Waals surface area (Å²) < 4.78 is 4.60. The molecule has 0 saturated heterocycles. The highest BCUT2D eigenvalue weighted by atomic mass is 16.5. The standard InChI is InChI=1S/C7H13NO2/c1-8-6(5-3-4-5)7(9)10-2/h5-6,8H,3-4H2,1-2H3. The average Bonchev–Trinajstić information content (AvgIpc) is 2.73. The molecule has 1 rings (SSSR count). The normalized spacial score (nSPS) is 20.2. The van der Waals surface area contributed by atoms with E-state index in [0.717, 1.165) is 12.8 Å². The van der Waals surface area contributed by atoms with Gasteiger partial charge in [-0.2, -0.15) is 0 Å². The van der Waals surface area contributed by atoms with Crippen LogP contribution >= 0.6 is 0 Å². The molecule has 58 valence electrons. The molecule has 0 spiro atoms. The highest BCUT2D eigenvalue weighted by Crippen LogP contribution is 2.32. The first-order valence-electron chi connectivity index (χ1n) is 3.54. The summed E-state index contributed by atoms with van der Waals surface area (Å²) in [4.78, 5) is 10.9. The number of ether oxygens (including phenoxy) is 1. The summed E-state index contributed by atoms with van der Waals surface area (Å²) in [6.07, 6.45) is 2.31. The van der Waals surface area contributed by atoms with Gasteiger partial charge in [0, 0.05) is 0 Å². The maximum atomic E-state index is 10.9. The van der Waals surface area contributed by atoms with E-state index in [1.54, 1.807) is 7.05 Å². The highest BCUT2D eigenvalue weighted by molar-refractivity contribution is 5.76. The average molecular weight is 143 g/mol. The maximum Gasteiger partial charge on any atom is 0.323 e. The number of esters is 1. The van der Waals surface area contributed by atoms with Crippen molar-refractivity contribution >= 4 is 5.97 Å². The highest BCUT2D eigenvalue weighted by Gasteiger charge is 2.35. The Morgan fingerprint density at radius 1 is 1.70 bits per heavy atom. The van der Waals surface area contributed by atoms with E-state index in [1.165, 1.54) is 7.11 Å². The lowest BCUT2D eigenvalue weighted by Crippen LogP contribution is -2.36. The molecule has 1 saturated carbocycles. The minimum atomic E-state index is -0.134. The first-order valence-corrected chi connectivity index (χ1v) is 3.54. The van der Waals surface area contributed by atoms with Gasteiger partial charge in [-0.1, -0.05) is 0 Å². The van der Waals surface area contributed by atoms with Gasteiger partial charge in [0.15, 0.2) is 0 Å². The zero-order valence-corrected chi connectivity index (χ0v) is 6.39. The largest absolute Gasteiger partial charge is 0.468 e. The predicted octanol–water partition coefficient (Wildman–Crippen LogP) is 0.157. The van der Waals surface area contributed by atoms with Gasteiger partial charge in [-0.05, 0) is 25.8 Å². The molecule has 0 aliphatic heterocycles. The van der Waals surface area contributed by atoms with Crippen LogP contribution in [0.3, 0.4) is 0 Å². The Morgan fingerprint density at radius 3 is 2.60 bits per heavy atom. The fraction of sp³-hybridized carbons (Fsp3) is 0.857. The van der Waals surface area contributed by atoms with Crippen LogP contribution in [-0.4, -0.2) is 26.2 Å². The van der Waals surface area contributed by atoms with Crippen molar-refractivity contribution in [2.75, 3.05) is 14.2 Å². The lowest BCUT2D eigenvalue weighted by Gasteiger charge is -2.11. The molecule has 0 bridgehead atoms. The van der Waals surface area contributed by atoms with E-state index < -0.39 is 0 Å². The summed E-state index contributed by atoms with van der Waals surface area (Å²) in [5.74, 6) is 0.391. The van der Waals surface area contributed by atoms with Crippen LogP contribution in [0.4, 0.5) is 0 Å². The summed E-state index contributed by atoms with van der Waals surface area (Å²) in [6.45, 7) is 0. The number of rotatable bonds is 3. The van der Waals surface area contributed by atoms with Crippen LogP contribution in [0.25, 0.3) is 0 Å². The van der Waals surface area contributed by atoms with Gasteiger partial charge in [-0.3, -0.25) is 4.79 Å². The van der Waals surface area contributed by atoms with Gasteiger partial charge < -0.3 is 10.1 Å². The monoisotopic (exact) mass is 143 g/mol. The summed E-state index contributed by atoms with van der Waals surface area (Å²) >= 11 is 0. The van der Waals surface area contributed by atoms with Gasteiger partial charge in [0.25, 0.3) is 0 Å². The van der Waals surface area contributed by atoms with Gasteiger partial charge in [0.05, 0.1) is 7.11 Å². The topological polar surface area (TPSA) is 38.3 Å². The quantitative estimate of drug-likeness (QED) is 0.572. The van der Waals surface area contributed by atoms with E-state index in [0.29, 0.717) is 5.92 Å². The Labute approximate surface area is 60.7 Å². The molecule has 0 amide bonds. The summed E-state index contributed by atoms with van der Waals surface area (Å²) in [5.41, 5.74) is 0. The Kier molecular flexibility index (Phi) is 2.27. The second-order valence-electron chi connectivity index (χ2n) is 2.63. The van der Waals surface area contributed by atoms with Crippen LogP contribution < -0.4 is 5.32 Å². The third kappa shape index (κ3) is 1.48. The van der Waals surface area contributed by atoms with Crippen LogP contribution in [0.5, 0.6) is 0 Å². The molecule has 1 N–H and O–H groups in total. The number of methoxy groups -OCH3 is 1.